The van der Waals surface area contributed by atoms with Gasteiger partial charge in [-0.3, -0.25) is 0 Å². The van der Waals surface area contributed by atoms with E-state index in [1.807, 2.05) is 0 Å². The molecule has 0 saturated carbocycles. The monoisotopic (exact) mass is 395 g/mol. The van der Waals surface area contributed by atoms with Crippen molar-refractivity contribution in [3.05, 3.63) is 35.2 Å². The molecule has 0 N–H and O–H groups in total. The van der Waals surface area contributed by atoms with Gasteiger partial charge in [0.25, 0.3) is 0 Å². The van der Waals surface area contributed by atoms with Crippen LogP contribution in [-0.2, 0) is 21.7 Å². The molecule has 0 aliphatic heterocycles. The third-order valence-corrected chi connectivity index (χ3v) is 4.15. The fraction of sp³-hybridized carbons (Fsp3) is 0.684. The smallest absolute Gasteiger partial charge is 1.00 e. The van der Waals surface area contributed by atoms with Gasteiger partial charge in [0.05, 0.1) is 0 Å². The first-order chi connectivity index (χ1) is 9.47. The Kier molecular flexibility index (Phi) is 25.8. The third kappa shape index (κ3) is 13.6. The van der Waals surface area contributed by atoms with Crippen molar-refractivity contribution in [3.63, 3.8) is 0 Å². The molecule has 1 nitrogen and oxygen atoms in total. The second-order valence-corrected chi connectivity index (χ2v) is 5.81. The molecule has 0 heterocycles. The van der Waals surface area contributed by atoms with Crippen molar-refractivity contribution in [1.82, 2.24) is 4.90 Å². The molecule has 23 heavy (non-hydrogen) atoms. The second-order valence-electron chi connectivity index (χ2n) is 5.81. The van der Waals surface area contributed by atoms with Crippen LogP contribution < -0.4 is 24.8 Å². The van der Waals surface area contributed by atoms with Crippen LogP contribution in [0.1, 0.15) is 61.8 Å². The Labute approximate surface area is 173 Å². The van der Waals surface area contributed by atoms with Gasteiger partial charge in [-0.2, -0.15) is 28.3 Å². The van der Waals surface area contributed by atoms with Gasteiger partial charge in [-0.25, -0.2) is 0 Å². The molecule has 134 valence electrons. The van der Waals surface area contributed by atoms with E-state index in [4.69, 9.17) is 0 Å². The van der Waals surface area contributed by atoms with E-state index < -0.39 is 0 Å². The van der Waals surface area contributed by atoms with Crippen LogP contribution in [-0.4, -0.2) is 24.5 Å². The molecule has 0 amide bonds. The zero-order valence-corrected chi connectivity index (χ0v) is 19.0. The molecule has 0 fully saturated rings. The Morgan fingerprint density at radius 1 is 0.826 bits per heavy atom. The largest absolute Gasteiger partial charge is 4.00 e. The fourth-order valence-electron chi connectivity index (χ4n) is 2.23. The van der Waals surface area contributed by atoms with Crippen LogP contribution >= 0.6 is 0 Å². The summed E-state index contributed by atoms with van der Waals surface area (Å²) in [5.74, 6) is 0. The molecule has 0 aromatic heterocycles. The van der Waals surface area contributed by atoms with Gasteiger partial charge in [0.15, 0.2) is 0 Å². The molecule has 1 aromatic rings. The molecule has 0 aliphatic carbocycles. The minimum atomic E-state index is 0. The molecule has 1 aromatic carbocycles. The maximum atomic E-state index is 3.92. The van der Waals surface area contributed by atoms with E-state index in [9.17, 15) is 0 Å². The van der Waals surface area contributed by atoms with Gasteiger partial charge in [0.1, 0.15) is 0 Å². The van der Waals surface area contributed by atoms with Crippen molar-refractivity contribution < 1.29 is 46.5 Å². The van der Waals surface area contributed by atoms with Crippen LogP contribution in [0.2, 0.25) is 0 Å². The molecule has 0 saturated heterocycles. The van der Waals surface area contributed by atoms with E-state index in [1.165, 1.54) is 61.0 Å². The summed E-state index contributed by atoms with van der Waals surface area (Å²) in [6.45, 7) is 20.5. The zero-order valence-electron chi connectivity index (χ0n) is 15.9. The first-order valence-electron chi connectivity index (χ1n) is 8.19. The molecule has 0 aliphatic rings. The summed E-state index contributed by atoms with van der Waals surface area (Å²) in [7, 11) is 0. The minimum absolute atomic E-state index is 0. The molecule has 0 bridgehead atoms. The average molecular weight is 396 g/mol. The quantitative estimate of drug-likeness (QED) is 0.438. The molecule has 0 atom stereocenters. The number of nitrogens with zero attached hydrogens (tertiary/aromatic N) is 1. The van der Waals surface area contributed by atoms with E-state index in [1.54, 1.807) is 0 Å². The standard InChI is InChI=1S/C10H22N.C9H13.2ClH.Ti/c1-4-7-9-11(6-3)10-8-5-2;1-6-5-7(2)9(4)8(6)3;;;/h3-10H2,1-2H3;5H,1-4H3;2*1H;/q2*-1;;;+4/p-2. The Balaban J connectivity index is -0.000000140. The first kappa shape index (κ1) is 31.4. The molecule has 4 heteroatoms. The van der Waals surface area contributed by atoms with Crippen molar-refractivity contribution in [2.24, 2.45) is 0 Å². The maximum Gasteiger partial charge on any atom is 4.00 e. The maximum absolute atomic E-state index is 3.92. The average Bonchev–Trinajstić information content (AvgIpc) is 2.66. The van der Waals surface area contributed by atoms with Gasteiger partial charge in [0.2, 0.25) is 0 Å². The fourth-order valence-corrected chi connectivity index (χ4v) is 2.23. The van der Waals surface area contributed by atoms with Crippen molar-refractivity contribution in [2.75, 3.05) is 19.6 Å². The van der Waals surface area contributed by atoms with Crippen LogP contribution in [0, 0.1) is 34.6 Å². The van der Waals surface area contributed by atoms with Crippen LogP contribution in [0.5, 0.6) is 0 Å². The number of unbranched alkanes of at least 4 members (excludes halogenated alkanes) is 2. The molecule has 0 spiro atoms. The van der Waals surface area contributed by atoms with Gasteiger partial charge in [-0.1, -0.05) is 54.4 Å². The van der Waals surface area contributed by atoms with Gasteiger partial charge < -0.3 is 36.6 Å². The molecule has 1 rings (SSSR count). The number of hydrogen-bond acceptors (Lipinski definition) is 1. The van der Waals surface area contributed by atoms with E-state index in [0.717, 1.165) is 6.54 Å². The summed E-state index contributed by atoms with van der Waals surface area (Å²) in [4.78, 5) is 2.44. The van der Waals surface area contributed by atoms with E-state index in [-0.39, 0.29) is 46.5 Å². The third-order valence-electron chi connectivity index (χ3n) is 4.15. The summed E-state index contributed by atoms with van der Waals surface area (Å²) >= 11 is 0. The topological polar surface area (TPSA) is 3.24 Å². The van der Waals surface area contributed by atoms with Gasteiger partial charge in [0, 0.05) is 0 Å². The zero-order chi connectivity index (χ0) is 15.5. The number of rotatable bonds is 7. The summed E-state index contributed by atoms with van der Waals surface area (Å²) in [6.07, 6.45) is 5.23. The predicted molar refractivity (Wildman–Crippen MR) is 92.6 cm³/mol. The molecule has 0 radical (unpaired) electrons. The van der Waals surface area contributed by atoms with Gasteiger partial charge in [-0.15, -0.1) is 6.54 Å². The van der Waals surface area contributed by atoms with E-state index >= 15 is 0 Å². The number of hydrogen-bond donors (Lipinski definition) is 0. The Bertz CT molecular complexity index is 334. The van der Waals surface area contributed by atoms with Crippen LogP contribution in [0.25, 0.3) is 0 Å². The molecular formula is C19H35Cl2NTi. The number of halogens is 2. The Hall–Kier alpha value is 0.604. The summed E-state index contributed by atoms with van der Waals surface area (Å²) < 4.78 is 0. The second kappa shape index (κ2) is 18.9. The van der Waals surface area contributed by atoms with Crippen molar-refractivity contribution in [3.8, 4) is 0 Å². The van der Waals surface area contributed by atoms with Crippen LogP contribution in [0.4, 0.5) is 0 Å². The SMILES string of the molecule is Cc1[cH-]c(C)c(C)c1C.[CH2-]CN(CCCC)CCCC.[Cl-].[Cl-].[Ti+4]. The van der Waals surface area contributed by atoms with Gasteiger partial charge >= 0.3 is 21.7 Å². The van der Waals surface area contributed by atoms with Gasteiger partial charge in [-0.05, 0) is 25.9 Å². The normalized spacial score (nSPS) is 9.22. The summed E-state index contributed by atoms with van der Waals surface area (Å²) in [6, 6.07) is 2.24. The molecule has 0 unspecified atom stereocenters. The van der Waals surface area contributed by atoms with Crippen molar-refractivity contribution in [1.29, 1.82) is 0 Å². The van der Waals surface area contributed by atoms with Crippen molar-refractivity contribution >= 4 is 0 Å². The number of aryl methyl sites for hydroxylation is 2. The first-order valence-corrected chi connectivity index (χ1v) is 8.19. The van der Waals surface area contributed by atoms with Crippen LogP contribution in [0.15, 0.2) is 6.07 Å². The summed E-state index contributed by atoms with van der Waals surface area (Å²) in [5, 5.41) is 0. The predicted octanol–water partition coefficient (Wildman–Crippen LogP) is -0.633. The Morgan fingerprint density at radius 3 is 1.35 bits per heavy atom. The van der Waals surface area contributed by atoms with Crippen molar-refractivity contribution in [2.45, 2.75) is 67.2 Å². The Morgan fingerprint density at radius 2 is 1.17 bits per heavy atom. The van der Waals surface area contributed by atoms with E-state index in [0.29, 0.717) is 0 Å². The van der Waals surface area contributed by atoms with Crippen LogP contribution in [0.3, 0.4) is 0 Å². The molecular weight excluding hydrogens is 361 g/mol. The summed E-state index contributed by atoms with van der Waals surface area (Å²) in [5.41, 5.74) is 5.75. The minimum Gasteiger partial charge on any atom is -1.00 e. The van der Waals surface area contributed by atoms with E-state index in [2.05, 4.69) is 59.4 Å².